The van der Waals surface area contributed by atoms with Crippen molar-refractivity contribution in [3.63, 3.8) is 0 Å². The Hall–Kier alpha value is -8.54. The predicted molar refractivity (Wildman–Crippen MR) is 378 cm³/mol. The van der Waals surface area contributed by atoms with Crippen LogP contribution in [0.3, 0.4) is 0 Å². The van der Waals surface area contributed by atoms with Crippen LogP contribution >= 0.6 is 0 Å². The Morgan fingerprint density at radius 1 is 0.526 bits per heavy atom. The summed E-state index contributed by atoms with van der Waals surface area (Å²) in [5.41, 5.74) is 14.6. The molecule has 0 bridgehead atoms. The van der Waals surface area contributed by atoms with Gasteiger partial charge in [-0.15, -0.1) is 0 Å². The number of benzene rings is 6. The number of likely N-dealkylation sites (tertiary alicyclic amines) is 1. The minimum Gasteiger partial charge on any atom is -0.490 e. The van der Waals surface area contributed by atoms with Crippen molar-refractivity contribution in [3.05, 3.63) is 154 Å². The van der Waals surface area contributed by atoms with Crippen LogP contribution in [-0.4, -0.2) is 162 Å². The molecule has 0 spiro atoms. The van der Waals surface area contributed by atoms with Crippen molar-refractivity contribution in [2.75, 3.05) is 98.6 Å². The lowest BCUT2D eigenvalue weighted by molar-refractivity contribution is 0.159. The monoisotopic (exact) mass is 1320 g/mol. The standard InChI is InChI=1S/C27H36N4O3.C25H29N3O4.C24H29N3O3.H2O/c1-5-31(6-2)17-16-28-23-14-13-20-21(23)10-9-11-22(20)26-29-27(34-30-26)19-12-15-24(32-7-3)25(18-19)33-8-4;1-3-30-22-11-8-16(14-23(22)31-4-2)25-26-24(27-32-25)20-7-5-6-19-18(20)9-10-21(19)28-13-12-17(29)15-28;1-3-29-22-11-8-16(14-23(22)30-4-2)21-15-26-24(27-21)19-7-5-6-18-17(19)9-10-20(18)25-12-13-28;/h9-12,15,18,23,28H,5-8,13-14,16-17H2,1-4H3;5-8,11,14,17,21,29H,3-4,9-10,12-13,15H2,1-2H3;5-8,11,14,20,25,28H,3-4,9-10,12-13,15H2,1-2H3;1H2/t;17-,21?;;/m.1../s1. The van der Waals surface area contributed by atoms with Crippen LogP contribution in [0.4, 0.5) is 0 Å². The van der Waals surface area contributed by atoms with Crippen molar-refractivity contribution in [2.45, 2.75) is 125 Å². The summed E-state index contributed by atoms with van der Waals surface area (Å²) < 4.78 is 45.5. The third-order valence-electron chi connectivity index (χ3n) is 18.3. The molecular formula is C76H96N10O11. The number of fused-ring (bicyclic) bond motifs is 3. The Labute approximate surface area is 569 Å². The molecule has 4 atom stereocenters. The molecule has 2 aromatic heterocycles. The van der Waals surface area contributed by atoms with Crippen molar-refractivity contribution in [1.82, 2.24) is 40.7 Å². The number of nitrogens with one attached hydrogen (secondary N) is 2. The van der Waals surface area contributed by atoms with Crippen molar-refractivity contribution in [1.29, 1.82) is 0 Å². The molecule has 13 rings (SSSR count). The highest BCUT2D eigenvalue weighted by atomic mass is 16.5. The summed E-state index contributed by atoms with van der Waals surface area (Å²) in [5.74, 6) is 7.23. The van der Waals surface area contributed by atoms with Gasteiger partial charge in [-0.2, -0.15) is 9.97 Å². The number of aliphatic hydroxyl groups excluding tert-OH is 2. The number of rotatable bonds is 28. The van der Waals surface area contributed by atoms with Crippen molar-refractivity contribution < 1.29 is 53.2 Å². The SMILES string of the molecule is CCOc1ccc(-c2nc(-c3cccc4c3CCC4N3CC[C@@H](O)C3)no2)cc1OCC.CCOc1ccc(-c2nc(-c3cccc4c3CCC4NCCN(CC)CC)no2)cc1OCC.CCOc1ccc(C2=NC(c3cccc4c3CCC4NCCO)=NC2)cc1OCC.O. The molecule has 0 radical (unpaired) electrons. The molecule has 1 saturated heterocycles. The number of hydrogen-bond donors (Lipinski definition) is 4. The van der Waals surface area contributed by atoms with Crippen molar-refractivity contribution in [3.8, 4) is 80.2 Å². The molecule has 3 aliphatic carbocycles. The molecule has 1 fully saturated rings. The molecule has 516 valence electrons. The van der Waals surface area contributed by atoms with Gasteiger partial charge in [0, 0.05) is 84.2 Å². The topological polar surface area (TPSA) is 260 Å². The summed E-state index contributed by atoms with van der Waals surface area (Å²) in [4.78, 5) is 23.9. The largest absolute Gasteiger partial charge is 0.490 e. The Balaban J connectivity index is 0.000000157. The highest BCUT2D eigenvalue weighted by molar-refractivity contribution is 6.18. The van der Waals surface area contributed by atoms with E-state index in [1.165, 1.54) is 33.4 Å². The zero-order chi connectivity index (χ0) is 66.9. The normalized spacial score (nSPS) is 17.4. The van der Waals surface area contributed by atoms with Crippen molar-refractivity contribution in [2.24, 2.45) is 9.98 Å². The van der Waals surface area contributed by atoms with E-state index in [-0.39, 0.29) is 24.2 Å². The number of ether oxygens (including phenoxy) is 6. The Bertz CT molecular complexity index is 3940. The van der Waals surface area contributed by atoms with Crippen LogP contribution in [0.15, 0.2) is 128 Å². The van der Waals surface area contributed by atoms with Gasteiger partial charge in [-0.25, -0.2) is 4.99 Å². The van der Waals surface area contributed by atoms with Crippen molar-refractivity contribution >= 4 is 11.5 Å². The van der Waals surface area contributed by atoms with E-state index >= 15 is 0 Å². The third-order valence-corrected chi connectivity index (χ3v) is 18.3. The number of aliphatic imine (C=N–C) groups is 2. The molecule has 6 aromatic carbocycles. The first-order valence-electron chi connectivity index (χ1n) is 34.7. The number of aromatic nitrogens is 4. The van der Waals surface area contributed by atoms with Gasteiger partial charge in [0.2, 0.25) is 11.6 Å². The molecule has 21 nitrogen and oxygen atoms in total. The lowest BCUT2D eigenvalue weighted by atomic mass is 10.0. The summed E-state index contributed by atoms with van der Waals surface area (Å²) in [6.45, 7) is 26.8. The second-order valence-corrected chi connectivity index (χ2v) is 24.1. The highest BCUT2D eigenvalue weighted by Gasteiger charge is 2.35. The molecule has 8 aromatic rings. The third kappa shape index (κ3) is 16.7. The molecular weight excluding hydrogens is 1230 g/mol. The molecule has 4 heterocycles. The lowest BCUT2D eigenvalue weighted by Crippen LogP contribution is -2.33. The molecule has 0 saturated carbocycles. The predicted octanol–water partition coefficient (Wildman–Crippen LogP) is 11.9. The molecule has 6 N–H and O–H groups in total. The Kier molecular flexibility index (Phi) is 25.4. The van der Waals surface area contributed by atoms with Gasteiger partial charge in [0.15, 0.2) is 40.3 Å². The highest BCUT2D eigenvalue weighted by Crippen LogP contribution is 2.44. The minimum atomic E-state index is -0.210. The first-order chi connectivity index (χ1) is 47.1. The summed E-state index contributed by atoms with van der Waals surface area (Å²) in [7, 11) is 0. The molecule has 97 heavy (non-hydrogen) atoms. The van der Waals surface area contributed by atoms with E-state index in [1.807, 2.05) is 96.1 Å². The van der Waals surface area contributed by atoms with E-state index in [9.17, 15) is 5.11 Å². The van der Waals surface area contributed by atoms with Crippen LogP contribution in [0.5, 0.6) is 34.5 Å². The van der Waals surface area contributed by atoms with E-state index < -0.39 is 0 Å². The van der Waals surface area contributed by atoms with Gasteiger partial charge in [-0.1, -0.05) is 78.8 Å². The molecule has 0 amide bonds. The van der Waals surface area contributed by atoms with E-state index in [4.69, 9.17) is 62.5 Å². The number of hydrogen-bond acceptors (Lipinski definition) is 20. The molecule has 3 unspecified atom stereocenters. The number of likely N-dealkylation sites (N-methyl/N-ethyl adjacent to an activating group) is 1. The van der Waals surface area contributed by atoms with Gasteiger partial charge in [0.1, 0.15) is 0 Å². The van der Waals surface area contributed by atoms with E-state index in [0.717, 1.165) is 141 Å². The van der Waals surface area contributed by atoms with Crippen LogP contribution in [0, 0.1) is 0 Å². The van der Waals surface area contributed by atoms with Crippen LogP contribution < -0.4 is 39.1 Å². The summed E-state index contributed by atoms with van der Waals surface area (Å²) >= 11 is 0. The zero-order valence-electron chi connectivity index (χ0n) is 57.5. The van der Waals surface area contributed by atoms with E-state index in [2.05, 4.69) is 99.2 Å². The van der Waals surface area contributed by atoms with Crippen LogP contribution in [0.2, 0.25) is 0 Å². The van der Waals surface area contributed by atoms with Gasteiger partial charge < -0.3 is 68.7 Å². The first kappa shape index (κ1) is 71.2. The smallest absolute Gasteiger partial charge is 0.258 e. The Morgan fingerprint density at radius 2 is 0.979 bits per heavy atom. The summed E-state index contributed by atoms with van der Waals surface area (Å²) in [6.07, 6.45) is 6.80. The number of nitrogens with zero attached hydrogens (tertiary/aromatic N) is 8. The number of β-amino-alcohol motifs (C(OH)–C–C–N with tert-alkyl or cyclic N) is 1. The second-order valence-electron chi connectivity index (χ2n) is 24.1. The lowest BCUT2D eigenvalue weighted by Gasteiger charge is -2.24. The number of amidine groups is 1. The fourth-order valence-corrected chi connectivity index (χ4v) is 13.7. The molecule has 21 heteroatoms. The maximum Gasteiger partial charge on any atom is 0.258 e. The zero-order valence-corrected chi connectivity index (χ0v) is 57.5. The molecule has 2 aliphatic heterocycles. The maximum atomic E-state index is 9.96. The average Bonchev–Trinajstić information content (AvgIpc) is 1.67. The first-order valence-corrected chi connectivity index (χ1v) is 34.7. The maximum absolute atomic E-state index is 9.96. The average molecular weight is 1330 g/mol. The van der Waals surface area contributed by atoms with Gasteiger partial charge in [0.05, 0.1) is 64.6 Å². The van der Waals surface area contributed by atoms with Crippen LogP contribution in [0.1, 0.15) is 144 Å². The van der Waals surface area contributed by atoms with Gasteiger partial charge >= 0.3 is 0 Å². The van der Waals surface area contributed by atoms with E-state index in [1.54, 1.807) is 0 Å². The van der Waals surface area contributed by atoms with Gasteiger partial charge in [0.25, 0.3) is 11.8 Å². The van der Waals surface area contributed by atoms with Crippen LogP contribution in [0.25, 0.3) is 45.7 Å². The van der Waals surface area contributed by atoms with E-state index in [0.29, 0.717) is 111 Å². The Morgan fingerprint density at radius 3 is 1.47 bits per heavy atom. The van der Waals surface area contributed by atoms with Gasteiger partial charge in [-0.05, 0) is 188 Å². The van der Waals surface area contributed by atoms with Crippen LogP contribution in [-0.2, 0) is 19.3 Å². The summed E-state index contributed by atoms with van der Waals surface area (Å²) in [5, 5.41) is 34.9. The quantitative estimate of drug-likeness (QED) is 0.0355. The minimum absolute atomic E-state index is 0. The number of aliphatic hydroxyl groups is 2. The summed E-state index contributed by atoms with van der Waals surface area (Å²) in [6, 6.07) is 37.5. The molecule has 5 aliphatic rings. The fourth-order valence-electron chi connectivity index (χ4n) is 13.7. The van der Waals surface area contributed by atoms with Gasteiger partial charge in [-0.3, -0.25) is 9.89 Å². The second kappa shape index (κ2) is 34.6. The fraction of sp³-hybridized carbons (Fsp3) is 0.447.